The molecule has 0 unspecified atom stereocenters. The van der Waals surface area contributed by atoms with E-state index in [4.69, 9.17) is 10.7 Å². The lowest BCUT2D eigenvalue weighted by Crippen LogP contribution is -2.36. The first kappa shape index (κ1) is 18.9. The van der Waals surface area contributed by atoms with Crippen molar-refractivity contribution in [1.29, 1.82) is 0 Å². The molecule has 0 amide bonds. The largest absolute Gasteiger partial charge is 0.459 e. The minimum atomic E-state index is -6.41. The normalized spacial score (nSPS) is 14.5. The second-order valence-corrected chi connectivity index (χ2v) is 6.33. The second-order valence-electron chi connectivity index (χ2n) is 3.85. The average Bonchev–Trinajstić information content (AvgIpc) is 2.66. The van der Waals surface area contributed by atoms with E-state index in [1.807, 2.05) is 0 Å². The Morgan fingerprint density at radius 1 is 1.09 bits per heavy atom. The van der Waals surface area contributed by atoms with E-state index in [9.17, 15) is 43.5 Å². The first-order valence-electron chi connectivity index (χ1n) is 5.12. The van der Waals surface area contributed by atoms with Gasteiger partial charge in [0.05, 0.1) is 0 Å². The molecule has 0 spiro atoms. The Labute approximate surface area is 122 Å². The van der Waals surface area contributed by atoms with Crippen LogP contribution in [0.4, 0.5) is 35.1 Å². The third kappa shape index (κ3) is 3.14. The molecule has 1 aromatic rings. The predicted molar refractivity (Wildman–Crippen MR) is 55.9 cm³/mol. The molecular weight excluding hydrogens is 376 g/mol. The van der Waals surface area contributed by atoms with Crippen molar-refractivity contribution >= 4 is 19.7 Å². The summed E-state index contributed by atoms with van der Waals surface area (Å²) in [7, 11) is -0.576. The highest BCUT2D eigenvalue weighted by Crippen LogP contribution is 2.49. The van der Waals surface area contributed by atoms with E-state index >= 15 is 0 Å². The molecule has 0 saturated heterocycles. The summed E-state index contributed by atoms with van der Waals surface area (Å²) in [6.45, 7) is 0.243. The summed E-state index contributed by atoms with van der Waals surface area (Å²) in [6, 6.07) is 0. The van der Waals surface area contributed by atoms with Gasteiger partial charge in [-0.1, -0.05) is 0 Å². The lowest BCUT2D eigenvalue weighted by molar-refractivity contribution is -0.292. The highest BCUT2D eigenvalue weighted by Gasteiger charge is 2.64. The fourth-order valence-corrected chi connectivity index (χ4v) is 2.87. The van der Waals surface area contributed by atoms with Gasteiger partial charge < -0.3 is 0 Å². The van der Waals surface area contributed by atoms with E-state index in [1.54, 1.807) is 0 Å². The van der Waals surface area contributed by atoms with E-state index in [-0.39, 0.29) is 4.68 Å². The fraction of sp³-hybridized carbons (Fsp3) is 0.625. The smallest absolute Gasteiger partial charge is 0.252 e. The summed E-state index contributed by atoms with van der Waals surface area (Å²) in [5, 5.41) is 0.493. The van der Waals surface area contributed by atoms with Gasteiger partial charge in [-0.15, -0.1) is 0 Å². The van der Waals surface area contributed by atoms with E-state index in [0.29, 0.717) is 0 Å². The Morgan fingerprint density at radius 3 is 1.82 bits per heavy atom. The number of hydrogen-bond acceptors (Lipinski definition) is 3. The van der Waals surface area contributed by atoms with E-state index in [1.165, 1.54) is 0 Å². The van der Waals surface area contributed by atoms with Gasteiger partial charge in [0.2, 0.25) is 0 Å². The second kappa shape index (κ2) is 5.22. The van der Waals surface area contributed by atoms with Gasteiger partial charge in [-0.3, -0.25) is 4.68 Å². The number of hydrogen-bond donors (Lipinski definition) is 0. The van der Waals surface area contributed by atoms with Crippen molar-refractivity contribution in [3.05, 3.63) is 11.3 Å². The quantitative estimate of drug-likeness (QED) is 0.596. The number of rotatable bonds is 3. The van der Waals surface area contributed by atoms with Crippen LogP contribution in [0.25, 0.3) is 0 Å². The molecule has 22 heavy (non-hydrogen) atoms. The third-order valence-corrected chi connectivity index (χ3v) is 3.69. The van der Waals surface area contributed by atoms with Gasteiger partial charge in [-0.05, 0) is 6.92 Å². The molecule has 0 aliphatic rings. The third-order valence-electron chi connectivity index (χ3n) is 2.37. The molecular formula is C8H5ClF8N2O2S. The van der Waals surface area contributed by atoms with Gasteiger partial charge in [0, 0.05) is 17.2 Å². The molecule has 0 N–H and O–H groups in total. The van der Waals surface area contributed by atoms with Crippen molar-refractivity contribution in [3.63, 3.8) is 0 Å². The molecule has 1 rings (SSSR count). The van der Waals surface area contributed by atoms with Gasteiger partial charge in [0.25, 0.3) is 9.05 Å². The monoisotopic (exact) mass is 380 g/mol. The summed E-state index contributed by atoms with van der Waals surface area (Å²) >= 11 is 0. The van der Waals surface area contributed by atoms with Gasteiger partial charge in [0.1, 0.15) is 5.56 Å². The zero-order chi connectivity index (χ0) is 17.7. The first-order chi connectivity index (χ1) is 9.55. The number of aryl methyl sites for hydroxylation is 1. The van der Waals surface area contributed by atoms with Crippen molar-refractivity contribution in [2.24, 2.45) is 0 Å². The SMILES string of the molecule is CCn1nc(C(F)(F)C(F)(F)F)c(C(F)(F)F)c1S(=O)(=O)Cl. The molecule has 14 heteroatoms. The van der Waals surface area contributed by atoms with E-state index in [2.05, 4.69) is 5.10 Å². The van der Waals surface area contributed by atoms with Crippen LogP contribution < -0.4 is 0 Å². The average molecular weight is 381 g/mol. The predicted octanol–water partition coefficient (Wildman–Crippen LogP) is 3.50. The minimum absolute atomic E-state index is 0.180. The molecule has 0 aliphatic carbocycles. The van der Waals surface area contributed by atoms with Gasteiger partial charge in [-0.2, -0.15) is 40.2 Å². The highest BCUT2D eigenvalue weighted by molar-refractivity contribution is 8.13. The Kier molecular flexibility index (Phi) is 4.49. The molecule has 128 valence electrons. The van der Waals surface area contributed by atoms with Crippen LogP contribution in [0.2, 0.25) is 0 Å². The molecule has 0 radical (unpaired) electrons. The highest BCUT2D eigenvalue weighted by atomic mass is 35.7. The summed E-state index contributed by atoms with van der Waals surface area (Å²) < 4.78 is 124. The number of nitrogens with zero attached hydrogens (tertiary/aromatic N) is 2. The summed E-state index contributed by atoms with van der Waals surface area (Å²) in [5.74, 6) is -6.02. The van der Waals surface area contributed by atoms with Crippen LogP contribution in [-0.2, 0) is 27.7 Å². The standard InChI is InChI=1S/C8H5ClF8N2O2S/c1-2-19-5(22(9,20)21)3(7(12,13)14)4(18-19)6(10,11)8(15,16)17/h2H2,1H3. The van der Waals surface area contributed by atoms with Crippen molar-refractivity contribution < 1.29 is 43.5 Å². The van der Waals surface area contributed by atoms with Gasteiger partial charge >= 0.3 is 18.3 Å². The lowest BCUT2D eigenvalue weighted by atomic mass is 10.1. The maximum atomic E-state index is 13.2. The minimum Gasteiger partial charge on any atom is -0.252 e. The van der Waals surface area contributed by atoms with Crippen molar-refractivity contribution in [3.8, 4) is 0 Å². The molecule has 0 fully saturated rings. The van der Waals surface area contributed by atoms with Crippen molar-refractivity contribution in [2.45, 2.75) is 36.8 Å². The van der Waals surface area contributed by atoms with E-state index in [0.717, 1.165) is 6.92 Å². The summed E-state index contributed by atoms with van der Waals surface area (Å²) in [4.78, 5) is 0. The van der Waals surface area contributed by atoms with Crippen molar-refractivity contribution in [2.75, 3.05) is 0 Å². The zero-order valence-electron chi connectivity index (χ0n) is 10.2. The fourth-order valence-electron chi connectivity index (χ4n) is 1.52. The van der Waals surface area contributed by atoms with Crippen LogP contribution >= 0.6 is 10.7 Å². The summed E-state index contributed by atoms with van der Waals surface area (Å²) in [5.41, 5.74) is -5.51. The van der Waals surface area contributed by atoms with Crippen molar-refractivity contribution in [1.82, 2.24) is 9.78 Å². The molecule has 0 saturated carbocycles. The van der Waals surface area contributed by atoms with Crippen LogP contribution in [0, 0.1) is 0 Å². The van der Waals surface area contributed by atoms with Gasteiger partial charge in [-0.25, -0.2) is 8.42 Å². The van der Waals surface area contributed by atoms with Crippen LogP contribution in [-0.4, -0.2) is 24.4 Å². The molecule has 0 aromatic carbocycles. The van der Waals surface area contributed by atoms with Crippen LogP contribution in [0.3, 0.4) is 0 Å². The Balaban J connectivity index is 3.95. The zero-order valence-corrected chi connectivity index (χ0v) is 11.8. The summed E-state index contributed by atoms with van der Waals surface area (Å²) in [6.07, 6.45) is -12.3. The maximum absolute atomic E-state index is 13.2. The maximum Gasteiger partial charge on any atom is 0.459 e. The Bertz CT molecular complexity index is 676. The Hall–Kier alpha value is -1.11. The Morgan fingerprint density at radius 2 is 1.55 bits per heavy atom. The number of alkyl halides is 8. The first-order valence-corrected chi connectivity index (χ1v) is 7.43. The number of halogens is 9. The molecule has 0 aliphatic heterocycles. The van der Waals surface area contributed by atoms with Crippen LogP contribution in [0.5, 0.6) is 0 Å². The van der Waals surface area contributed by atoms with Crippen LogP contribution in [0.15, 0.2) is 5.03 Å². The topological polar surface area (TPSA) is 52.0 Å². The van der Waals surface area contributed by atoms with Gasteiger partial charge in [0.15, 0.2) is 10.7 Å². The van der Waals surface area contributed by atoms with E-state index < -0.39 is 50.2 Å². The molecule has 1 aromatic heterocycles. The molecule has 0 bridgehead atoms. The lowest BCUT2D eigenvalue weighted by Gasteiger charge is -2.19. The number of aromatic nitrogens is 2. The van der Waals surface area contributed by atoms with Crippen LogP contribution in [0.1, 0.15) is 18.2 Å². The molecule has 1 heterocycles. The molecule has 0 atom stereocenters. The molecule has 4 nitrogen and oxygen atoms in total.